The van der Waals surface area contributed by atoms with E-state index in [2.05, 4.69) is 41.8 Å². The maximum Gasteiger partial charge on any atom is 0.155 e. The first-order valence-corrected chi connectivity index (χ1v) is 6.95. The van der Waals surface area contributed by atoms with Gasteiger partial charge in [0.2, 0.25) is 0 Å². The van der Waals surface area contributed by atoms with E-state index in [0.29, 0.717) is 5.56 Å². The first kappa shape index (κ1) is 14.0. The average molecular weight is 321 g/mol. The van der Waals surface area contributed by atoms with Gasteiger partial charge in [0.1, 0.15) is 10.3 Å². The van der Waals surface area contributed by atoms with E-state index in [-0.39, 0.29) is 5.54 Å². The molecule has 1 heterocycles. The molecular weight excluding hydrogens is 304 g/mol. The summed E-state index contributed by atoms with van der Waals surface area (Å²) in [6.45, 7) is 8.20. The fraction of sp³-hybridized carbons (Fsp3) is 0.333. The van der Waals surface area contributed by atoms with E-state index in [9.17, 15) is 4.79 Å². The largest absolute Gasteiger partial charge is 0.298 e. The topological polar surface area (TPSA) is 34.9 Å². The molecule has 0 fully saturated rings. The smallest absolute Gasteiger partial charge is 0.155 e. The number of hydrogen-bond acceptors (Lipinski definition) is 2. The van der Waals surface area contributed by atoms with Crippen LogP contribution in [0, 0.1) is 6.92 Å². The summed E-state index contributed by atoms with van der Waals surface area (Å²) in [6.07, 6.45) is 0.856. The van der Waals surface area contributed by atoms with E-state index in [0.717, 1.165) is 22.1 Å². The van der Waals surface area contributed by atoms with Crippen molar-refractivity contribution in [3.05, 3.63) is 40.0 Å². The minimum absolute atomic E-state index is 0.181. The van der Waals surface area contributed by atoms with Gasteiger partial charge in [-0.3, -0.25) is 9.48 Å². The molecular formula is C15H17BrN2O. The molecule has 0 saturated carbocycles. The van der Waals surface area contributed by atoms with Gasteiger partial charge in [0.05, 0.1) is 11.1 Å². The number of aromatic nitrogens is 2. The Morgan fingerprint density at radius 1 is 1.21 bits per heavy atom. The Labute approximate surface area is 121 Å². The number of aldehydes is 1. The zero-order chi connectivity index (χ0) is 14.2. The SMILES string of the molecule is Cc1ccc(-c2nn(C(C)(C)C)c(Br)c2C=O)cc1. The van der Waals surface area contributed by atoms with Crippen LogP contribution in [0.1, 0.15) is 36.7 Å². The predicted molar refractivity (Wildman–Crippen MR) is 80.5 cm³/mol. The number of benzene rings is 1. The summed E-state index contributed by atoms with van der Waals surface area (Å²) in [6, 6.07) is 8.02. The normalized spacial score (nSPS) is 11.6. The monoisotopic (exact) mass is 320 g/mol. The molecule has 0 bridgehead atoms. The van der Waals surface area contributed by atoms with Gasteiger partial charge in [-0.25, -0.2) is 0 Å². The Bertz CT molecular complexity index is 606. The molecule has 0 radical (unpaired) electrons. The summed E-state index contributed by atoms with van der Waals surface area (Å²) in [5.74, 6) is 0. The lowest BCUT2D eigenvalue weighted by atomic mass is 10.1. The maximum absolute atomic E-state index is 11.3. The molecule has 2 rings (SSSR count). The van der Waals surface area contributed by atoms with Crippen LogP contribution >= 0.6 is 15.9 Å². The highest BCUT2D eigenvalue weighted by atomic mass is 79.9. The fourth-order valence-electron chi connectivity index (χ4n) is 1.88. The highest BCUT2D eigenvalue weighted by Crippen LogP contribution is 2.31. The maximum atomic E-state index is 11.3. The summed E-state index contributed by atoms with van der Waals surface area (Å²) in [5.41, 5.74) is 3.28. The first-order valence-electron chi connectivity index (χ1n) is 6.16. The summed E-state index contributed by atoms with van der Waals surface area (Å²) >= 11 is 3.48. The van der Waals surface area contributed by atoms with Gasteiger partial charge in [-0.2, -0.15) is 5.10 Å². The summed E-state index contributed by atoms with van der Waals surface area (Å²) < 4.78 is 2.57. The van der Waals surface area contributed by atoms with E-state index in [4.69, 9.17) is 0 Å². The number of hydrogen-bond donors (Lipinski definition) is 0. The van der Waals surface area contributed by atoms with Crippen LogP contribution in [0.15, 0.2) is 28.9 Å². The fourth-order valence-corrected chi connectivity index (χ4v) is 2.78. The van der Waals surface area contributed by atoms with Gasteiger partial charge in [0, 0.05) is 5.56 Å². The molecule has 1 aromatic heterocycles. The first-order chi connectivity index (χ1) is 8.84. The van der Waals surface area contributed by atoms with E-state index < -0.39 is 0 Å². The quantitative estimate of drug-likeness (QED) is 0.778. The third kappa shape index (κ3) is 2.63. The Morgan fingerprint density at radius 3 is 2.26 bits per heavy atom. The van der Waals surface area contributed by atoms with Gasteiger partial charge in [0.25, 0.3) is 0 Å². The van der Waals surface area contributed by atoms with Crippen LogP contribution in [0.2, 0.25) is 0 Å². The number of aryl methyl sites for hydroxylation is 1. The second-order valence-electron chi connectivity index (χ2n) is 5.62. The summed E-state index contributed by atoms with van der Waals surface area (Å²) in [5, 5.41) is 4.59. The number of carbonyl (C=O) groups is 1. The minimum Gasteiger partial charge on any atom is -0.298 e. The van der Waals surface area contributed by atoms with Gasteiger partial charge in [-0.1, -0.05) is 29.8 Å². The minimum atomic E-state index is -0.181. The third-order valence-electron chi connectivity index (χ3n) is 2.94. The summed E-state index contributed by atoms with van der Waals surface area (Å²) in [4.78, 5) is 11.3. The molecule has 19 heavy (non-hydrogen) atoms. The number of halogens is 1. The Hall–Kier alpha value is -1.42. The number of carbonyl (C=O) groups excluding carboxylic acids is 1. The molecule has 4 heteroatoms. The van der Waals surface area contributed by atoms with Crippen LogP contribution in [0.4, 0.5) is 0 Å². The van der Waals surface area contributed by atoms with Crippen molar-refractivity contribution in [2.75, 3.05) is 0 Å². The van der Waals surface area contributed by atoms with Crippen molar-refractivity contribution < 1.29 is 4.79 Å². The Balaban J connectivity index is 2.64. The second-order valence-corrected chi connectivity index (χ2v) is 6.37. The highest BCUT2D eigenvalue weighted by Gasteiger charge is 2.23. The van der Waals surface area contributed by atoms with E-state index in [1.54, 1.807) is 0 Å². The molecule has 2 aromatic rings. The number of rotatable bonds is 2. The van der Waals surface area contributed by atoms with Gasteiger partial charge in [-0.05, 0) is 43.6 Å². The average Bonchev–Trinajstić information content (AvgIpc) is 2.67. The van der Waals surface area contributed by atoms with Gasteiger partial charge in [0.15, 0.2) is 6.29 Å². The molecule has 0 atom stereocenters. The second kappa shape index (κ2) is 4.93. The van der Waals surface area contributed by atoms with E-state index in [1.165, 1.54) is 5.56 Å². The van der Waals surface area contributed by atoms with Crippen LogP contribution in [0.5, 0.6) is 0 Å². The van der Waals surface area contributed by atoms with Crippen molar-refractivity contribution in [3.8, 4) is 11.3 Å². The standard InChI is InChI=1S/C15H17BrN2O/c1-10-5-7-11(8-6-10)13-12(9-19)14(16)18(17-13)15(2,3)4/h5-9H,1-4H3. The summed E-state index contributed by atoms with van der Waals surface area (Å²) in [7, 11) is 0. The van der Waals surface area contributed by atoms with Crippen molar-refractivity contribution in [3.63, 3.8) is 0 Å². The van der Waals surface area contributed by atoms with E-state index in [1.807, 2.05) is 35.9 Å². The lowest BCUT2D eigenvalue weighted by Gasteiger charge is -2.20. The zero-order valence-electron chi connectivity index (χ0n) is 11.6. The third-order valence-corrected chi connectivity index (χ3v) is 3.70. The highest BCUT2D eigenvalue weighted by molar-refractivity contribution is 9.10. The molecule has 0 spiro atoms. The lowest BCUT2D eigenvalue weighted by Crippen LogP contribution is -2.23. The van der Waals surface area contributed by atoms with Crippen LogP contribution in [0.25, 0.3) is 11.3 Å². The van der Waals surface area contributed by atoms with Crippen LogP contribution in [-0.4, -0.2) is 16.1 Å². The van der Waals surface area contributed by atoms with Crippen LogP contribution < -0.4 is 0 Å². The predicted octanol–water partition coefficient (Wildman–Crippen LogP) is 4.19. The molecule has 0 aliphatic rings. The molecule has 1 aromatic carbocycles. The van der Waals surface area contributed by atoms with Gasteiger partial charge >= 0.3 is 0 Å². The Morgan fingerprint density at radius 2 is 1.79 bits per heavy atom. The van der Waals surface area contributed by atoms with Crippen molar-refractivity contribution in [2.45, 2.75) is 33.2 Å². The van der Waals surface area contributed by atoms with Crippen LogP contribution in [-0.2, 0) is 5.54 Å². The molecule has 0 aliphatic carbocycles. The molecule has 0 amide bonds. The number of nitrogens with zero attached hydrogens (tertiary/aromatic N) is 2. The van der Waals surface area contributed by atoms with Gasteiger partial charge < -0.3 is 0 Å². The molecule has 0 saturated heterocycles. The van der Waals surface area contributed by atoms with Crippen molar-refractivity contribution in [1.29, 1.82) is 0 Å². The molecule has 0 aliphatic heterocycles. The van der Waals surface area contributed by atoms with Crippen molar-refractivity contribution in [2.24, 2.45) is 0 Å². The molecule has 3 nitrogen and oxygen atoms in total. The van der Waals surface area contributed by atoms with Gasteiger partial charge in [-0.15, -0.1) is 0 Å². The van der Waals surface area contributed by atoms with Crippen molar-refractivity contribution >= 4 is 22.2 Å². The van der Waals surface area contributed by atoms with Crippen molar-refractivity contribution in [1.82, 2.24) is 9.78 Å². The van der Waals surface area contributed by atoms with E-state index >= 15 is 0 Å². The molecule has 0 unspecified atom stereocenters. The molecule has 100 valence electrons. The van der Waals surface area contributed by atoms with Crippen LogP contribution in [0.3, 0.4) is 0 Å². The molecule has 0 N–H and O–H groups in total. The Kier molecular flexibility index (Phi) is 3.63. The zero-order valence-corrected chi connectivity index (χ0v) is 13.2. The lowest BCUT2D eigenvalue weighted by molar-refractivity contribution is 0.112.